The molecule has 112 valence electrons. The molecule has 0 aromatic carbocycles. The number of carboxylic acids is 1. The third-order valence-corrected chi connectivity index (χ3v) is 5.06. The molecule has 3 rings (SSSR count). The lowest BCUT2D eigenvalue weighted by molar-refractivity contribution is -0.142. The minimum absolute atomic E-state index is 0.0959. The zero-order valence-corrected chi connectivity index (χ0v) is 11.8. The van der Waals surface area contributed by atoms with Crippen molar-refractivity contribution in [2.45, 2.75) is 51.0 Å². The van der Waals surface area contributed by atoms with E-state index >= 15 is 0 Å². The maximum atomic E-state index is 12.0. The first-order valence-corrected chi connectivity index (χ1v) is 7.92. The van der Waals surface area contributed by atoms with Gasteiger partial charge in [0.15, 0.2) is 0 Å². The molecule has 0 radical (unpaired) electrons. The first-order chi connectivity index (χ1) is 9.65. The molecule has 3 N–H and O–H groups in total. The Bertz CT molecular complexity index is 379. The van der Waals surface area contributed by atoms with E-state index in [0.717, 1.165) is 19.3 Å². The Balaban J connectivity index is 1.43. The molecule has 0 spiro atoms. The highest BCUT2D eigenvalue weighted by Crippen LogP contribution is 2.44. The Kier molecular flexibility index (Phi) is 3.85. The average Bonchev–Trinajstić information content (AvgIpc) is 3.32. The van der Waals surface area contributed by atoms with Crippen molar-refractivity contribution in [1.29, 1.82) is 0 Å². The van der Waals surface area contributed by atoms with Gasteiger partial charge in [0.1, 0.15) is 0 Å². The average molecular weight is 280 g/mol. The van der Waals surface area contributed by atoms with Gasteiger partial charge in [-0.2, -0.15) is 0 Å². The monoisotopic (exact) mass is 280 g/mol. The van der Waals surface area contributed by atoms with Crippen molar-refractivity contribution in [3.8, 4) is 0 Å². The van der Waals surface area contributed by atoms with E-state index in [-0.39, 0.29) is 17.9 Å². The van der Waals surface area contributed by atoms with Crippen LogP contribution in [0.4, 0.5) is 4.79 Å². The maximum Gasteiger partial charge on any atom is 0.315 e. The number of carbonyl (C=O) groups is 2. The van der Waals surface area contributed by atoms with Gasteiger partial charge < -0.3 is 15.7 Å². The molecule has 2 atom stereocenters. The van der Waals surface area contributed by atoms with Crippen molar-refractivity contribution in [2.75, 3.05) is 6.54 Å². The molecule has 20 heavy (non-hydrogen) atoms. The van der Waals surface area contributed by atoms with Crippen LogP contribution in [0.3, 0.4) is 0 Å². The van der Waals surface area contributed by atoms with Crippen LogP contribution in [-0.2, 0) is 4.79 Å². The fourth-order valence-electron chi connectivity index (χ4n) is 3.56. The van der Waals surface area contributed by atoms with Crippen molar-refractivity contribution >= 4 is 12.0 Å². The van der Waals surface area contributed by atoms with Crippen LogP contribution in [0.15, 0.2) is 0 Å². The van der Waals surface area contributed by atoms with Gasteiger partial charge in [-0.25, -0.2) is 4.79 Å². The van der Waals surface area contributed by atoms with Crippen LogP contribution >= 0.6 is 0 Å². The lowest BCUT2D eigenvalue weighted by Gasteiger charge is -2.20. The third kappa shape index (κ3) is 3.25. The summed E-state index contributed by atoms with van der Waals surface area (Å²) in [6, 6.07) is 0.249. The van der Waals surface area contributed by atoms with Gasteiger partial charge in [0, 0.05) is 12.6 Å². The molecule has 5 heteroatoms. The number of rotatable bonds is 6. The van der Waals surface area contributed by atoms with Crippen LogP contribution in [0, 0.1) is 23.7 Å². The van der Waals surface area contributed by atoms with Gasteiger partial charge >= 0.3 is 12.0 Å². The zero-order chi connectivity index (χ0) is 14.1. The Morgan fingerprint density at radius 3 is 2.25 bits per heavy atom. The molecule has 2 amide bonds. The van der Waals surface area contributed by atoms with Crippen LogP contribution in [0.2, 0.25) is 0 Å². The molecule has 0 heterocycles. The van der Waals surface area contributed by atoms with Gasteiger partial charge in [-0.1, -0.05) is 6.42 Å². The van der Waals surface area contributed by atoms with Gasteiger partial charge in [-0.15, -0.1) is 0 Å². The van der Waals surface area contributed by atoms with E-state index < -0.39 is 5.97 Å². The summed E-state index contributed by atoms with van der Waals surface area (Å²) in [5.74, 6) is 0.470. The number of hydrogen-bond donors (Lipinski definition) is 3. The number of amides is 2. The van der Waals surface area contributed by atoms with Crippen LogP contribution < -0.4 is 10.6 Å². The fraction of sp³-hybridized carbons (Fsp3) is 0.867. The van der Waals surface area contributed by atoms with E-state index in [4.69, 9.17) is 5.11 Å². The predicted octanol–water partition coefficient (Wildman–Crippen LogP) is 1.98. The van der Waals surface area contributed by atoms with Gasteiger partial charge in [0.2, 0.25) is 0 Å². The summed E-state index contributed by atoms with van der Waals surface area (Å²) in [7, 11) is 0. The second-order valence-corrected chi connectivity index (χ2v) is 6.69. The third-order valence-electron chi connectivity index (χ3n) is 5.06. The number of nitrogens with one attached hydrogen (secondary N) is 2. The molecule has 5 nitrogen and oxygen atoms in total. The van der Waals surface area contributed by atoms with Gasteiger partial charge in [-0.05, 0) is 56.3 Å². The smallest absolute Gasteiger partial charge is 0.315 e. The van der Waals surface area contributed by atoms with E-state index in [9.17, 15) is 9.59 Å². The summed E-state index contributed by atoms with van der Waals surface area (Å²) < 4.78 is 0. The highest BCUT2D eigenvalue weighted by atomic mass is 16.4. The summed E-state index contributed by atoms with van der Waals surface area (Å²) in [6.45, 7) is 0.491. The number of aliphatic carboxylic acids is 1. The molecule has 3 saturated carbocycles. The molecular weight excluding hydrogens is 256 g/mol. The molecule has 0 aromatic rings. The number of carboxylic acid groups (broad SMARTS) is 1. The topological polar surface area (TPSA) is 78.4 Å². The van der Waals surface area contributed by atoms with Crippen molar-refractivity contribution in [3.63, 3.8) is 0 Å². The first-order valence-electron chi connectivity index (χ1n) is 7.92. The molecule has 2 unspecified atom stereocenters. The second-order valence-electron chi connectivity index (χ2n) is 6.69. The van der Waals surface area contributed by atoms with Crippen molar-refractivity contribution in [1.82, 2.24) is 10.6 Å². The lowest BCUT2D eigenvalue weighted by atomic mass is 9.96. The van der Waals surface area contributed by atoms with Crippen LogP contribution in [0.25, 0.3) is 0 Å². The van der Waals surface area contributed by atoms with Crippen LogP contribution in [0.5, 0.6) is 0 Å². The van der Waals surface area contributed by atoms with Crippen LogP contribution in [-0.4, -0.2) is 29.7 Å². The Labute approximate surface area is 119 Å². The molecule has 0 bridgehead atoms. The predicted molar refractivity (Wildman–Crippen MR) is 74.2 cm³/mol. The summed E-state index contributed by atoms with van der Waals surface area (Å²) in [4.78, 5) is 23.1. The standard InChI is InChI=1S/C15H24N2O3/c18-14(19)12-3-1-2-11(12)8-16-15(20)17-13(9-4-5-9)10-6-7-10/h9-13H,1-8H2,(H,18,19)(H2,16,17,20). The Morgan fingerprint density at radius 2 is 1.70 bits per heavy atom. The van der Waals surface area contributed by atoms with Gasteiger partial charge in [-0.3, -0.25) is 4.79 Å². The molecule has 3 fully saturated rings. The molecule has 0 aliphatic heterocycles. The largest absolute Gasteiger partial charge is 0.481 e. The minimum atomic E-state index is -0.719. The van der Waals surface area contributed by atoms with E-state index in [0.29, 0.717) is 24.4 Å². The maximum absolute atomic E-state index is 12.0. The highest BCUT2D eigenvalue weighted by Gasteiger charge is 2.42. The fourth-order valence-corrected chi connectivity index (χ4v) is 3.56. The van der Waals surface area contributed by atoms with E-state index in [1.54, 1.807) is 0 Å². The minimum Gasteiger partial charge on any atom is -0.481 e. The summed E-state index contributed by atoms with van der Waals surface area (Å²) >= 11 is 0. The first kappa shape index (κ1) is 13.7. The van der Waals surface area contributed by atoms with Gasteiger partial charge in [0.05, 0.1) is 5.92 Å². The molecule has 0 aromatic heterocycles. The Hall–Kier alpha value is -1.26. The molecule has 3 aliphatic carbocycles. The number of urea groups is 1. The van der Waals surface area contributed by atoms with Crippen molar-refractivity contribution in [2.24, 2.45) is 23.7 Å². The van der Waals surface area contributed by atoms with E-state index in [1.165, 1.54) is 25.7 Å². The molecule has 3 aliphatic rings. The summed E-state index contributed by atoms with van der Waals surface area (Å²) in [5.41, 5.74) is 0. The van der Waals surface area contributed by atoms with Gasteiger partial charge in [0.25, 0.3) is 0 Å². The van der Waals surface area contributed by atoms with E-state index in [2.05, 4.69) is 10.6 Å². The van der Waals surface area contributed by atoms with Crippen molar-refractivity contribution < 1.29 is 14.7 Å². The lowest BCUT2D eigenvalue weighted by Crippen LogP contribution is -2.46. The SMILES string of the molecule is O=C(NCC1CCCC1C(=O)O)NC(C1CC1)C1CC1. The molecule has 0 saturated heterocycles. The number of hydrogen-bond acceptors (Lipinski definition) is 2. The summed E-state index contributed by atoms with van der Waals surface area (Å²) in [5, 5.41) is 15.1. The van der Waals surface area contributed by atoms with Crippen LogP contribution in [0.1, 0.15) is 44.9 Å². The molecular formula is C15H24N2O3. The second kappa shape index (κ2) is 5.62. The van der Waals surface area contributed by atoms with Crippen molar-refractivity contribution in [3.05, 3.63) is 0 Å². The summed E-state index contributed by atoms with van der Waals surface area (Å²) in [6.07, 6.45) is 7.58. The number of carbonyl (C=O) groups excluding carboxylic acids is 1. The normalized spacial score (nSPS) is 29.4. The highest BCUT2D eigenvalue weighted by molar-refractivity contribution is 5.75. The quantitative estimate of drug-likeness (QED) is 0.696. The zero-order valence-electron chi connectivity index (χ0n) is 11.8. The Morgan fingerprint density at radius 1 is 1.05 bits per heavy atom. The van der Waals surface area contributed by atoms with E-state index in [1.807, 2.05) is 0 Å².